The molecule has 128 valence electrons. The summed E-state index contributed by atoms with van der Waals surface area (Å²) in [5, 5.41) is 0. The molecule has 4 heteroatoms. The number of hydrogen-bond acceptors (Lipinski definition) is 4. The van der Waals surface area contributed by atoms with E-state index in [9.17, 15) is 9.59 Å². The van der Waals surface area contributed by atoms with Crippen molar-refractivity contribution in [1.29, 1.82) is 0 Å². The Kier molecular flexibility index (Phi) is 7.79. The van der Waals surface area contributed by atoms with Gasteiger partial charge in [-0.05, 0) is 37.7 Å². The summed E-state index contributed by atoms with van der Waals surface area (Å²) in [7, 11) is 0. The van der Waals surface area contributed by atoms with Crippen LogP contribution in [0.25, 0.3) is 0 Å². The Morgan fingerprint density at radius 1 is 1.04 bits per heavy atom. The molecule has 4 nitrogen and oxygen atoms in total. The maximum absolute atomic E-state index is 12.2. The minimum absolute atomic E-state index is 0.0743. The number of hydrogen-bond donors (Lipinski definition) is 0. The number of carbonyl (C=O) groups is 2. The van der Waals surface area contributed by atoms with E-state index < -0.39 is 5.92 Å². The normalized spacial score (nSPS) is 12.5. The highest BCUT2D eigenvalue weighted by Crippen LogP contribution is 2.32. The summed E-state index contributed by atoms with van der Waals surface area (Å²) in [6, 6.07) is 10.2. The van der Waals surface area contributed by atoms with E-state index >= 15 is 0 Å². The van der Waals surface area contributed by atoms with Gasteiger partial charge in [0, 0.05) is 0 Å². The van der Waals surface area contributed by atoms with Gasteiger partial charge in [0.2, 0.25) is 0 Å². The highest BCUT2D eigenvalue weighted by molar-refractivity contribution is 5.80. The molecule has 0 saturated heterocycles. The minimum Gasteiger partial charge on any atom is -0.466 e. The van der Waals surface area contributed by atoms with Gasteiger partial charge < -0.3 is 9.47 Å². The number of ether oxygens (including phenoxy) is 2. The van der Waals surface area contributed by atoms with Gasteiger partial charge in [-0.25, -0.2) is 0 Å². The predicted octanol–water partition coefficient (Wildman–Crippen LogP) is 3.78. The summed E-state index contributed by atoms with van der Waals surface area (Å²) >= 11 is 0. The highest BCUT2D eigenvalue weighted by Gasteiger charge is 2.31. The number of benzene rings is 1. The van der Waals surface area contributed by atoms with Gasteiger partial charge >= 0.3 is 11.9 Å². The highest BCUT2D eigenvalue weighted by atomic mass is 16.5. The summed E-state index contributed by atoms with van der Waals surface area (Å²) in [6.07, 6.45) is 1.50. The van der Waals surface area contributed by atoms with E-state index in [1.54, 1.807) is 13.8 Å². The second-order valence-corrected chi connectivity index (χ2v) is 6.49. The van der Waals surface area contributed by atoms with E-state index in [1.807, 2.05) is 18.2 Å². The van der Waals surface area contributed by atoms with E-state index in [4.69, 9.17) is 9.47 Å². The molecule has 0 spiro atoms. The SMILES string of the molecule is CCOC(=O)CC(CC(C)(C)Cc1ccccc1)C(=O)OCC. The van der Waals surface area contributed by atoms with Gasteiger partial charge in [0.1, 0.15) is 0 Å². The number of carbonyl (C=O) groups excluding carboxylic acids is 2. The van der Waals surface area contributed by atoms with Crippen molar-refractivity contribution in [2.45, 2.75) is 47.0 Å². The van der Waals surface area contributed by atoms with Crippen LogP contribution in [0.5, 0.6) is 0 Å². The van der Waals surface area contributed by atoms with Crippen LogP contribution < -0.4 is 0 Å². The predicted molar refractivity (Wildman–Crippen MR) is 89.9 cm³/mol. The molecule has 1 rings (SSSR count). The van der Waals surface area contributed by atoms with Crippen molar-refractivity contribution in [1.82, 2.24) is 0 Å². The van der Waals surface area contributed by atoms with Crippen LogP contribution >= 0.6 is 0 Å². The van der Waals surface area contributed by atoms with Crippen molar-refractivity contribution in [3.05, 3.63) is 35.9 Å². The van der Waals surface area contributed by atoms with Crippen LogP contribution in [0.3, 0.4) is 0 Å². The van der Waals surface area contributed by atoms with E-state index in [1.165, 1.54) is 5.56 Å². The standard InChI is InChI=1S/C19H28O4/c1-5-22-17(20)12-16(18(21)23-6-2)14-19(3,4)13-15-10-8-7-9-11-15/h7-11,16H,5-6,12-14H2,1-4H3. The summed E-state index contributed by atoms with van der Waals surface area (Å²) in [5.41, 5.74) is 1.10. The first-order valence-electron chi connectivity index (χ1n) is 8.24. The van der Waals surface area contributed by atoms with Crippen molar-refractivity contribution in [2.24, 2.45) is 11.3 Å². The first-order chi connectivity index (χ1) is 10.9. The minimum atomic E-state index is -0.465. The molecule has 0 radical (unpaired) electrons. The van der Waals surface area contributed by atoms with Gasteiger partial charge in [0.25, 0.3) is 0 Å². The zero-order valence-corrected chi connectivity index (χ0v) is 14.6. The molecule has 1 unspecified atom stereocenters. The van der Waals surface area contributed by atoms with Crippen LogP contribution in [-0.4, -0.2) is 25.2 Å². The second-order valence-electron chi connectivity index (χ2n) is 6.49. The summed E-state index contributed by atoms with van der Waals surface area (Å²) < 4.78 is 10.1. The van der Waals surface area contributed by atoms with Gasteiger partial charge in [-0.2, -0.15) is 0 Å². The Morgan fingerprint density at radius 3 is 2.22 bits per heavy atom. The van der Waals surface area contributed by atoms with Crippen molar-refractivity contribution in [2.75, 3.05) is 13.2 Å². The average Bonchev–Trinajstić information content (AvgIpc) is 2.47. The van der Waals surface area contributed by atoms with E-state index in [0.717, 1.165) is 6.42 Å². The lowest BCUT2D eigenvalue weighted by atomic mass is 9.77. The lowest BCUT2D eigenvalue weighted by Gasteiger charge is -2.28. The molecule has 0 aliphatic heterocycles. The largest absolute Gasteiger partial charge is 0.466 e. The topological polar surface area (TPSA) is 52.6 Å². The molecule has 0 aliphatic carbocycles. The first-order valence-corrected chi connectivity index (χ1v) is 8.24. The average molecular weight is 320 g/mol. The third kappa shape index (κ3) is 7.31. The first kappa shape index (κ1) is 19.2. The van der Waals surface area contributed by atoms with Crippen LogP contribution in [0.4, 0.5) is 0 Å². The van der Waals surface area contributed by atoms with Crippen LogP contribution in [0.2, 0.25) is 0 Å². The molecule has 0 fully saturated rings. The van der Waals surface area contributed by atoms with Gasteiger partial charge in [0.05, 0.1) is 25.6 Å². The molecule has 0 amide bonds. The van der Waals surface area contributed by atoms with Gasteiger partial charge in [-0.1, -0.05) is 44.2 Å². The van der Waals surface area contributed by atoms with Gasteiger partial charge in [0.15, 0.2) is 0 Å². The summed E-state index contributed by atoms with van der Waals surface area (Å²) in [6.45, 7) is 8.39. The molecular formula is C19H28O4. The van der Waals surface area contributed by atoms with Crippen LogP contribution in [-0.2, 0) is 25.5 Å². The zero-order chi connectivity index (χ0) is 17.3. The quantitative estimate of drug-likeness (QED) is 0.650. The van der Waals surface area contributed by atoms with Crippen LogP contribution in [0, 0.1) is 11.3 Å². The molecule has 0 saturated carbocycles. The molecule has 0 aromatic heterocycles. The van der Waals surface area contributed by atoms with E-state index in [-0.39, 0.29) is 23.8 Å². The fraction of sp³-hybridized carbons (Fsp3) is 0.579. The Bertz CT molecular complexity index is 493. The van der Waals surface area contributed by atoms with Crippen molar-refractivity contribution < 1.29 is 19.1 Å². The lowest BCUT2D eigenvalue weighted by Crippen LogP contribution is -2.29. The lowest BCUT2D eigenvalue weighted by molar-refractivity contribution is -0.155. The van der Waals surface area contributed by atoms with E-state index in [0.29, 0.717) is 19.6 Å². The Labute approximate surface area is 139 Å². The Hall–Kier alpha value is -1.84. The molecule has 1 atom stereocenters. The van der Waals surface area contributed by atoms with Crippen molar-refractivity contribution in [3.8, 4) is 0 Å². The molecule has 23 heavy (non-hydrogen) atoms. The van der Waals surface area contributed by atoms with Gasteiger partial charge in [-0.15, -0.1) is 0 Å². The fourth-order valence-corrected chi connectivity index (χ4v) is 2.81. The van der Waals surface area contributed by atoms with Crippen molar-refractivity contribution >= 4 is 11.9 Å². The monoisotopic (exact) mass is 320 g/mol. The molecule has 1 aromatic rings. The summed E-state index contributed by atoms with van der Waals surface area (Å²) in [5.74, 6) is -1.13. The van der Waals surface area contributed by atoms with Crippen LogP contribution in [0.1, 0.15) is 46.1 Å². The van der Waals surface area contributed by atoms with Gasteiger partial charge in [-0.3, -0.25) is 9.59 Å². The van der Waals surface area contributed by atoms with E-state index in [2.05, 4.69) is 26.0 Å². The molecule has 0 aliphatic rings. The third-order valence-corrected chi connectivity index (χ3v) is 3.66. The molecular weight excluding hydrogens is 292 g/mol. The molecule has 0 N–H and O–H groups in total. The molecule has 0 heterocycles. The number of esters is 2. The molecule has 0 bridgehead atoms. The Balaban J connectivity index is 2.76. The summed E-state index contributed by atoms with van der Waals surface area (Å²) in [4.78, 5) is 24.0. The maximum atomic E-state index is 12.2. The smallest absolute Gasteiger partial charge is 0.309 e. The second kappa shape index (κ2) is 9.33. The Morgan fingerprint density at radius 2 is 1.65 bits per heavy atom. The third-order valence-electron chi connectivity index (χ3n) is 3.66. The van der Waals surface area contributed by atoms with Crippen molar-refractivity contribution in [3.63, 3.8) is 0 Å². The maximum Gasteiger partial charge on any atom is 0.309 e. The fourth-order valence-electron chi connectivity index (χ4n) is 2.81. The zero-order valence-electron chi connectivity index (χ0n) is 14.6. The van der Waals surface area contributed by atoms with Crippen LogP contribution in [0.15, 0.2) is 30.3 Å². The number of rotatable bonds is 9. The molecule has 1 aromatic carbocycles.